The van der Waals surface area contributed by atoms with E-state index >= 15 is 0 Å². The third-order valence-corrected chi connectivity index (χ3v) is 5.01. The summed E-state index contributed by atoms with van der Waals surface area (Å²) in [5.41, 5.74) is 1.47. The number of carbonyl (C=O) groups excluding carboxylic acids is 2. The van der Waals surface area contributed by atoms with Crippen molar-refractivity contribution in [3.63, 3.8) is 0 Å². The predicted octanol–water partition coefficient (Wildman–Crippen LogP) is 3.70. The molecule has 2 N–H and O–H groups in total. The van der Waals surface area contributed by atoms with E-state index in [1.165, 1.54) is 6.07 Å². The second kappa shape index (κ2) is 10.1. The van der Waals surface area contributed by atoms with Crippen molar-refractivity contribution in [3.8, 4) is 0 Å². The van der Waals surface area contributed by atoms with Crippen LogP contribution in [0.1, 0.15) is 49.8 Å². The maximum absolute atomic E-state index is 13.7. The SMILES string of the molecule is C=CCNC(=O)[C@H]1CC[C@@H](c2ccc(F)c(C)c2)N(C(=O)NCCCC)C1. The maximum atomic E-state index is 13.7. The van der Waals surface area contributed by atoms with E-state index in [2.05, 4.69) is 24.1 Å². The highest BCUT2D eigenvalue weighted by atomic mass is 19.1. The van der Waals surface area contributed by atoms with Crippen molar-refractivity contribution in [1.82, 2.24) is 15.5 Å². The highest BCUT2D eigenvalue weighted by Gasteiger charge is 2.35. The standard InChI is InChI=1S/C21H30FN3O2/c1-4-6-12-24-21(27)25-14-17(20(26)23-11-5-2)8-10-19(25)16-7-9-18(22)15(3)13-16/h5,7,9,13,17,19H,2,4,6,8,10-12,14H2,1,3H3,(H,23,26)(H,24,27)/t17-,19-/m0/s1. The molecule has 1 heterocycles. The molecule has 3 amide bonds. The number of halogens is 1. The molecule has 27 heavy (non-hydrogen) atoms. The van der Waals surface area contributed by atoms with Crippen LogP contribution in [0.25, 0.3) is 0 Å². The molecule has 1 aromatic rings. The first kappa shape index (κ1) is 20.9. The quantitative estimate of drug-likeness (QED) is 0.564. The zero-order chi connectivity index (χ0) is 19.8. The van der Waals surface area contributed by atoms with Gasteiger partial charge in [0.2, 0.25) is 5.91 Å². The minimum atomic E-state index is -0.254. The van der Waals surface area contributed by atoms with Crippen LogP contribution in [-0.2, 0) is 4.79 Å². The molecule has 5 nitrogen and oxygen atoms in total. The normalized spacial score (nSPS) is 19.4. The largest absolute Gasteiger partial charge is 0.352 e. The average molecular weight is 375 g/mol. The third-order valence-electron chi connectivity index (χ3n) is 5.01. The predicted molar refractivity (Wildman–Crippen MR) is 105 cm³/mol. The molecular formula is C21H30FN3O2. The zero-order valence-corrected chi connectivity index (χ0v) is 16.3. The molecule has 2 rings (SSSR count). The van der Waals surface area contributed by atoms with Crippen LogP contribution < -0.4 is 10.6 Å². The molecule has 0 unspecified atom stereocenters. The summed E-state index contributed by atoms with van der Waals surface area (Å²) in [6.07, 6.45) is 4.89. The van der Waals surface area contributed by atoms with Crippen LogP contribution in [0.3, 0.4) is 0 Å². The maximum Gasteiger partial charge on any atom is 0.317 e. The summed E-state index contributed by atoms with van der Waals surface area (Å²) in [4.78, 5) is 26.9. The number of nitrogens with one attached hydrogen (secondary N) is 2. The Labute approximate surface area is 161 Å². The Kier molecular flexibility index (Phi) is 7.82. The minimum Gasteiger partial charge on any atom is -0.352 e. The number of carbonyl (C=O) groups is 2. The Bertz CT molecular complexity index is 677. The third kappa shape index (κ3) is 5.55. The summed E-state index contributed by atoms with van der Waals surface area (Å²) in [6, 6.07) is 4.65. The van der Waals surface area contributed by atoms with E-state index in [0.717, 1.165) is 18.4 Å². The van der Waals surface area contributed by atoms with Crippen LogP contribution >= 0.6 is 0 Å². The molecular weight excluding hydrogens is 345 g/mol. The monoisotopic (exact) mass is 375 g/mol. The molecule has 0 saturated carbocycles. The Morgan fingerprint density at radius 2 is 2.11 bits per heavy atom. The van der Waals surface area contributed by atoms with Gasteiger partial charge in [-0.2, -0.15) is 0 Å². The van der Waals surface area contributed by atoms with Gasteiger partial charge in [-0.3, -0.25) is 4.79 Å². The first-order valence-corrected chi connectivity index (χ1v) is 9.67. The van der Waals surface area contributed by atoms with E-state index in [1.54, 1.807) is 30.0 Å². The number of hydrogen-bond acceptors (Lipinski definition) is 2. The lowest BCUT2D eigenvalue weighted by molar-refractivity contribution is -0.126. The van der Waals surface area contributed by atoms with Gasteiger partial charge < -0.3 is 15.5 Å². The molecule has 1 saturated heterocycles. The van der Waals surface area contributed by atoms with E-state index in [9.17, 15) is 14.0 Å². The molecule has 0 bridgehead atoms. The van der Waals surface area contributed by atoms with Crippen molar-refractivity contribution in [2.45, 2.75) is 45.6 Å². The van der Waals surface area contributed by atoms with Crippen molar-refractivity contribution in [2.24, 2.45) is 5.92 Å². The Hall–Kier alpha value is -2.37. The van der Waals surface area contributed by atoms with Crippen molar-refractivity contribution < 1.29 is 14.0 Å². The van der Waals surface area contributed by atoms with Crippen LogP contribution in [0.2, 0.25) is 0 Å². The number of amides is 3. The Balaban J connectivity index is 2.18. The summed E-state index contributed by atoms with van der Waals surface area (Å²) in [5, 5.41) is 5.77. The average Bonchev–Trinajstić information content (AvgIpc) is 2.68. The molecule has 1 aromatic carbocycles. The lowest BCUT2D eigenvalue weighted by atomic mass is 9.88. The summed E-state index contributed by atoms with van der Waals surface area (Å²) in [5.74, 6) is -0.565. The van der Waals surface area contributed by atoms with Gasteiger partial charge in [-0.05, 0) is 43.4 Å². The van der Waals surface area contributed by atoms with Gasteiger partial charge in [0.05, 0.1) is 12.0 Å². The smallest absolute Gasteiger partial charge is 0.317 e. The number of aryl methyl sites for hydroxylation is 1. The molecule has 1 aliphatic rings. The first-order chi connectivity index (χ1) is 13.0. The van der Waals surface area contributed by atoms with Crippen LogP contribution in [0.15, 0.2) is 30.9 Å². The number of benzene rings is 1. The fourth-order valence-electron chi connectivity index (χ4n) is 3.42. The number of rotatable bonds is 7. The van der Waals surface area contributed by atoms with Gasteiger partial charge in [-0.15, -0.1) is 6.58 Å². The van der Waals surface area contributed by atoms with Gasteiger partial charge in [0.25, 0.3) is 0 Å². The molecule has 0 aromatic heterocycles. The van der Waals surface area contributed by atoms with Gasteiger partial charge in [0, 0.05) is 19.6 Å². The zero-order valence-electron chi connectivity index (χ0n) is 16.3. The van der Waals surface area contributed by atoms with E-state index in [-0.39, 0.29) is 29.7 Å². The molecule has 148 valence electrons. The molecule has 0 aliphatic carbocycles. The molecule has 1 fully saturated rings. The number of piperidine rings is 1. The molecule has 0 spiro atoms. The summed E-state index contributed by atoms with van der Waals surface area (Å²) in [6.45, 7) is 8.77. The summed E-state index contributed by atoms with van der Waals surface area (Å²) < 4.78 is 13.7. The summed E-state index contributed by atoms with van der Waals surface area (Å²) >= 11 is 0. The highest BCUT2D eigenvalue weighted by molar-refractivity contribution is 5.81. The van der Waals surface area contributed by atoms with Crippen molar-refractivity contribution >= 4 is 11.9 Å². The number of unbranched alkanes of at least 4 members (excludes halogenated alkanes) is 1. The molecule has 0 radical (unpaired) electrons. The van der Waals surface area contributed by atoms with E-state index in [4.69, 9.17) is 0 Å². The lowest BCUT2D eigenvalue weighted by Crippen LogP contribution is -2.50. The highest BCUT2D eigenvalue weighted by Crippen LogP contribution is 2.34. The topological polar surface area (TPSA) is 61.4 Å². The first-order valence-electron chi connectivity index (χ1n) is 9.67. The van der Waals surface area contributed by atoms with E-state index < -0.39 is 0 Å². The van der Waals surface area contributed by atoms with Crippen LogP contribution in [0.5, 0.6) is 0 Å². The molecule has 6 heteroatoms. The van der Waals surface area contributed by atoms with Gasteiger partial charge >= 0.3 is 6.03 Å². The number of likely N-dealkylation sites (tertiary alicyclic amines) is 1. The lowest BCUT2D eigenvalue weighted by Gasteiger charge is -2.39. The Morgan fingerprint density at radius 1 is 1.33 bits per heavy atom. The summed E-state index contributed by atoms with van der Waals surface area (Å²) in [7, 11) is 0. The second-order valence-corrected chi connectivity index (χ2v) is 7.07. The van der Waals surface area contributed by atoms with Crippen LogP contribution in [0, 0.1) is 18.7 Å². The van der Waals surface area contributed by atoms with Gasteiger partial charge in [0.15, 0.2) is 0 Å². The molecule has 2 atom stereocenters. The van der Waals surface area contributed by atoms with Gasteiger partial charge in [-0.1, -0.05) is 31.6 Å². The second-order valence-electron chi connectivity index (χ2n) is 7.07. The van der Waals surface area contributed by atoms with Crippen molar-refractivity contribution in [2.75, 3.05) is 19.6 Å². The fourth-order valence-corrected chi connectivity index (χ4v) is 3.42. The minimum absolute atomic E-state index is 0.0602. The van der Waals surface area contributed by atoms with Crippen LogP contribution in [0.4, 0.5) is 9.18 Å². The Morgan fingerprint density at radius 3 is 2.78 bits per heavy atom. The van der Waals surface area contributed by atoms with Gasteiger partial charge in [0.1, 0.15) is 5.82 Å². The fraction of sp³-hybridized carbons (Fsp3) is 0.524. The van der Waals surface area contributed by atoms with E-state index in [1.807, 2.05) is 0 Å². The van der Waals surface area contributed by atoms with Crippen molar-refractivity contribution in [3.05, 3.63) is 47.8 Å². The number of nitrogens with zero attached hydrogens (tertiary/aromatic N) is 1. The molecule has 1 aliphatic heterocycles. The van der Waals surface area contributed by atoms with Crippen LogP contribution in [-0.4, -0.2) is 36.5 Å². The number of urea groups is 1. The van der Waals surface area contributed by atoms with Crippen molar-refractivity contribution in [1.29, 1.82) is 0 Å². The van der Waals surface area contributed by atoms with Gasteiger partial charge in [-0.25, -0.2) is 9.18 Å². The van der Waals surface area contributed by atoms with E-state index in [0.29, 0.717) is 38.0 Å². The number of hydrogen-bond donors (Lipinski definition) is 2.